The highest BCUT2D eigenvalue weighted by Crippen LogP contribution is 2.57. The summed E-state index contributed by atoms with van der Waals surface area (Å²) in [6.45, 7) is -0.552. The number of rotatable bonds is 7. The first-order chi connectivity index (χ1) is 19.2. The fourth-order valence-electron chi connectivity index (χ4n) is 5.18. The summed E-state index contributed by atoms with van der Waals surface area (Å²) in [5.41, 5.74) is 3.99. The zero-order valence-electron chi connectivity index (χ0n) is 20.1. The van der Waals surface area contributed by atoms with Gasteiger partial charge in [-0.1, -0.05) is 0 Å². The maximum atomic E-state index is 15.0. The number of nitrogen functional groups attached to an aromatic ring is 1. The van der Waals surface area contributed by atoms with Crippen LogP contribution in [-0.4, -0.2) is 97.9 Å². The van der Waals surface area contributed by atoms with Crippen LogP contribution in [0.15, 0.2) is 42.1 Å². The molecule has 5 N–H and O–H groups in total. The average Bonchev–Trinajstić information content (AvgIpc) is 3.52. The van der Waals surface area contributed by atoms with Crippen LogP contribution in [0.3, 0.4) is 0 Å². The minimum absolute atomic E-state index is 0.0705. The summed E-state index contributed by atoms with van der Waals surface area (Å²) < 4.78 is 54.0. The lowest BCUT2D eigenvalue weighted by Crippen LogP contribution is -2.39. The molecule has 10 atom stereocenters. The largest absolute Gasteiger partial charge is 0.698 e. The molecule has 7 rings (SSSR count). The lowest BCUT2D eigenvalue weighted by molar-refractivity contribution is -0.0951. The molecule has 19 heteroatoms. The Labute approximate surface area is 222 Å². The van der Waals surface area contributed by atoms with Gasteiger partial charge in [-0.05, 0) is 0 Å². The number of aliphatic hydroxyl groups is 3. The molecule has 0 aromatic carbocycles. The number of aliphatic hydroxyl groups excluding tert-OH is 2. The molecule has 6 heterocycles. The van der Waals surface area contributed by atoms with Crippen LogP contribution >= 0.6 is 8.25 Å². The Kier molecular flexibility index (Phi) is 5.74. The van der Waals surface area contributed by atoms with Gasteiger partial charge >= 0.3 is 8.25 Å². The van der Waals surface area contributed by atoms with Gasteiger partial charge in [-0.3, -0.25) is 14.0 Å². The van der Waals surface area contributed by atoms with Crippen LogP contribution in [-0.2, 0) is 23.1 Å². The van der Waals surface area contributed by atoms with E-state index in [0.29, 0.717) is 0 Å². The second-order valence-electron chi connectivity index (χ2n) is 9.56. The molecule has 40 heavy (non-hydrogen) atoms. The molecule has 1 saturated carbocycles. The molecule has 17 nitrogen and oxygen atoms in total. The second-order valence-corrected chi connectivity index (χ2v) is 10.5. The maximum Gasteiger partial charge on any atom is 0.698 e. The average molecular weight is 579 g/mol. The molecular formula is C21H21FN8O9P+. The Bertz CT molecular complexity index is 1700. The lowest BCUT2D eigenvalue weighted by Gasteiger charge is -2.24. The molecule has 2 aliphatic heterocycles. The molecule has 3 fully saturated rings. The van der Waals surface area contributed by atoms with E-state index < -0.39 is 69.6 Å². The Morgan fingerprint density at radius 3 is 2.80 bits per heavy atom. The van der Waals surface area contributed by atoms with Crippen LogP contribution in [0.4, 0.5) is 10.2 Å². The van der Waals surface area contributed by atoms with Gasteiger partial charge in [0.15, 0.2) is 47.4 Å². The molecule has 0 amide bonds. The first kappa shape index (κ1) is 25.5. The minimum atomic E-state index is -3.01. The number of ether oxygens (including phenoxy) is 2. The third-order valence-corrected chi connectivity index (χ3v) is 8.10. The van der Waals surface area contributed by atoms with Crippen molar-refractivity contribution >= 4 is 30.9 Å². The zero-order valence-corrected chi connectivity index (χ0v) is 21.0. The Hall–Kier alpha value is -3.48. The van der Waals surface area contributed by atoms with Crippen molar-refractivity contribution in [3.63, 3.8) is 0 Å². The lowest BCUT2D eigenvalue weighted by atomic mass is 10.1. The normalized spacial score (nSPS) is 35.5. The van der Waals surface area contributed by atoms with Crippen LogP contribution in [0.1, 0.15) is 12.5 Å². The quantitative estimate of drug-likeness (QED) is 0.184. The van der Waals surface area contributed by atoms with E-state index in [-0.39, 0.29) is 28.1 Å². The fraction of sp³-hybridized carbons (Fsp3) is 0.476. The summed E-state index contributed by atoms with van der Waals surface area (Å²) >= 11 is 0. The number of imidazole rings is 2. The summed E-state index contributed by atoms with van der Waals surface area (Å²) in [4.78, 5) is 28.0. The van der Waals surface area contributed by atoms with E-state index >= 15 is 4.39 Å². The summed E-state index contributed by atoms with van der Waals surface area (Å²) in [5.74, 6) is 0.0847. The van der Waals surface area contributed by atoms with Gasteiger partial charge in [-0.15, -0.1) is 9.05 Å². The molecule has 4 aromatic heterocycles. The number of anilines is 1. The van der Waals surface area contributed by atoms with Crippen molar-refractivity contribution < 1.29 is 42.8 Å². The summed E-state index contributed by atoms with van der Waals surface area (Å²) in [6.07, 6.45) is -4.41. The topological polar surface area (TPSA) is 224 Å². The van der Waals surface area contributed by atoms with Crippen LogP contribution in [0.5, 0.6) is 0 Å². The van der Waals surface area contributed by atoms with Crippen molar-refractivity contribution in [3.8, 4) is 0 Å². The highest BCUT2D eigenvalue weighted by Gasteiger charge is 2.79. The predicted octanol–water partition coefficient (Wildman–Crippen LogP) is -1.42. The third kappa shape index (κ3) is 3.62. The number of halogens is 1. The summed E-state index contributed by atoms with van der Waals surface area (Å²) in [5, 5.41) is 31.5. The van der Waals surface area contributed by atoms with Gasteiger partial charge in [0.05, 0.1) is 6.33 Å². The molecule has 210 valence electrons. The number of nitrogens with zero attached hydrogens (tertiary/aromatic N) is 7. The van der Waals surface area contributed by atoms with Gasteiger partial charge in [0.25, 0.3) is 0 Å². The van der Waals surface area contributed by atoms with E-state index in [9.17, 15) is 24.7 Å². The third-order valence-electron chi connectivity index (χ3n) is 7.34. The molecule has 0 bridgehead atoms. The monoisotopic (exact) mass is 579 g/mol. The number of hydrogen-bond donors (Lipinski definition) is 4. The second kappa shape index (κ2) is 9.02. The van der Waals surface area contributed by atoms with E-state index in [1.54, 1.807) is 0 Å². The van der Waals surface area contributed by atoms with Crippen molar-refractivity contribution in [2.24, 2.45) is 0 Å². The van der Waals surface area contributed by atoms with Crippen molar-refractivity contribution in [2.45, 2.75) is 54.7 Å². The smallest absolute Gasteiger partial charge is 0.387 e. The van der Waals surface area contributed by atoms with Gasteiger partial charge in [0, 0.05) is 29.2 Å². The number of hydrogen-bond acceptors (Lipinski definition) is 14. The molecule has 0 radical (unpaired) electrons. The molecule has 2 saturated heterocycles. The SMILES string of the molecule is Nc1ncnc2c1ncn2[C@@H]1O[C@H](CO[P+](=O)O[C@H]2[C@H](n3ccc(=O)c4nccn43)O[C@@H]3C(O)[C@@]32O)[C@@H](O)[C@@H]1F. The van der Waals surface area contributed by atoms with Crippen molar-refractivity contribution in [1.29, 1.82) is 0 Å². The number of nitrogens with two attached hydrogens (primary N) is 1. The molecule has 4 aromatic rings. The van der Waals surface area contributed by atoms with Crippen molar-refractivity contribution in [1.82, 2.24) is 33.7 Å². The highest BCUT2D eigenvalue weighted by molar-refractivity contribution is 7.33. The molecule has 1 aliphatic carbocycles. The van der Waals surface area contributed by atoms with Crippen molar-refractivity contribution in [2.75, 3.05) is 12.3 Å². The maximum absolute atomic E-state index is 15.0. The van der Waals surface area contributed by atoms with Gasteiger partial charge < -0.3 is 30.5 Å². The number of alkyl halides is 1. The minimum Gasteiger partial charge on any atom is -0.387 e. The van der Waals surface area contributed by atoms with E-state index in [4.69, 9.17) is 24.3 Å². The predicted molar refractivity (Wildman–Crippen MR) is 127 cm³/mol. The zero-order chi connectivity index (χ0) is 27.9. The van der Waals surface area contributed by atoms with Crippen LogP contribution < -0.4 is 11.2 Å². The Morgan fingerprint density at radius 1 is 1.15 bits per heavy atom. The molecule has 0 spiro atoms. The standard InChI is InChI=1S/C21H21FN8O9P/c22-10-12(32)9(37-19(10)28-7-27-11-16(23)25-6-26-18(11)28)5-36-40(35)39-15-20(38-14-13(33)21(14,15)34)30-3-1-8(31)17-24-2-4-29(17)30/h1-4,6-7,9-10,12-15,19-20,32-34H,5H2,(H2,23,25,26)/q+1/t9-,10+,12-,13?,14-,15+,19-,20-,21-/m1/s1. The van der Waals surface area contributed by atoms with E-state index in [2.05, 4.69) is 19.9 Å². The fourth-order valence-corrected chi connectivity index (χ4v) is 5.97. The molecular weight excluding hydrogens is 558 g/mol. The summed E-state index contributed by atoms with van der Waals surface area (Å²) in [7, 11) is -3.01. The van der Waals surface area contributed by atoms with E-state index in [1.807, 2.05) is 0 Å². The highest BCUT2D eigenvalue weighted by atomic mass is 31.1. The van der Waals surface area contributed by atoms with Gasteiger partial charge in [0.2, 0.25) is 5.43 Å². The van der Waals surface area contributed by atoms with Gasteiger partial charge in [0.1, 0.15) is 42.9 Å². The number of aromatic nitrogens is 7. The van der Waals surface area contributed by atoms with Crippen LogP contribution in [0, 0.1) is 0 Å². The van der Waals surface area contributed by atoms with Crippen LogP contribution in [0.2, 0.25) is 0 Å². The van der Waals surface area contributed by atoms with Crippen LogP contribution in [0.25, 0.3) is 16.8 Å². The van der Waals surface area contributed by atoms with Crippen molar-refractivity contribution in [3.05, 3.63) is 47.5 Å². The Morgan fingerprint density at radius 2 is 1.98 bits per heavy atom. The number of fused-ring (bicyclic) bond motifs is 3. The van der Waals surface area contributed by atoms with E-state index in [0.717, 1.165) is 0 Å². The summed E-state index contributed by atoms with van der Waals surface area (Å²) in [6, 6.07) is 1.23. The van der Waals surface area contributed by atoms with E-state index in [1.165, 1.54) is 51.1 Å². The first-order valence-corrected chi connectivity index (χ1v) is 13.1. The Balaban J connectivity index is 1.06. The molecule has 3 aliphatic rings. The molecule has 2 unspecified atom stereocenters. The first-order valence-electron chi connectivity index (χ1n) is 12.0. The van der Waals surface area contributed by atoms with Gasteiger partial charge in [-0.25, -0.2) is 28.8 Å². The van der Waals surface area contributed by atoms with Gasteiger partial charge in [-0.2, -0.15) is 0 Å².